The molecule has 28 heavy (non-hydrogen) atoms. The van der Waals surface area contributed by atoms with Crippen molar-refractivity contribution in [3.63, 3.8) is 0 Å². The molecule has 5 nitrogen and oxygen atoms in total. The summed E-state index contributed by atoms with van der Waals surface area (Å²) in [6.07, 6.45) is 2.17. The van der Waals surface area contributed by atoms with Gasteiger partial charge < -0.3 is 10.6 Å². The maximum atomic E-state index is 6.18. The fourth-order valence-electron chi connectivity index (χ4n) is 3.23. The van der Waals surface area contributed by atoms with Gasteiger partial charge in [-0.1, -0.05) is 46.3 Å². The predicted octanol–water partition coefficient (Wildman–Crippen LogP) is 4.69. The number of anilines is 2. The monoisotopic (exact) mass is 433 g/mol. The van der Waals surface area contributed by atoms with Crippen LogP contribution in [0.3, 0.4) is 0 Å². The van der Waals surface area contributed by atoms with Crippen molar-refractivity contribution in [3.05, 3.63) is 76.5 Å². The number of fused-ring (bicyclic) bond motifs is 1. The third-order valence-corrected chi connectivity index (χ3v) is 5.51. The molecule has 0 amide bonds. The van der Waals surface area contributed by atoms with Crippen molar-refractivity contribution in [3.8, 4) is 11.3 Å². The molecular formula is C22H20BrN5. The molecule has 0 aliphatic heterocycles. The van der Waals surface area contributed by atoms with Gasteiger partial charge in [0.2, 0.25) is 0 Å². The first-order valence-corrected chi connectivity index (χ1v) is 9.73. The van der Waals surface area contributed by atoms with Gasteiger partial charge in [0.25, 0.3) is 0 Å². The first-order chi connectivity index (χ1) is 13.5. The van der Waals surface area contributed by atoms with E-state index in [1.54, 1.807) is 0 Å². The summed E-state index contributed by atoms with van der Waals surface area (Å²) in [4.78, 5) is 15.4. The van der Waals surface area contributed by atoms with Crippen LogP contribution >= 0.6 is 15.9 Å². The first kappa shape index (κ1) is 18.4. The Kier molecular flexibility index (Phi) is 4.96. The number of nitrogen functional groups attached to an aromatic ring is 1. The van der Waals surface area contributed by atoms with E-state index in [2.05, 4.69) is 67.2 Å². The number of halogens is 1. The zero-order chi connectivity index (χ0) is 19.7. The lowest BCUT2D eigenvalue weighted by Crippen LogP contribution is -2.08. The summed E-state index contributed by atoms with van der Waals surface area (Å²) in [6.45, 7) is 0. The summed E-state index contributed by atoms with van der Waals surface area (Å²) in [5.74, 6) is 0.453. The molecule has 0 saturated carbocycles. The van der Waals surface area contributed by atoms with Crippen molar-refractivity contribution in [2.45, 2.75) is 6.42 Å². The molecule has 6 heteroatoms. The molecule has 0 spiro atoms. The van der Waals surface area contributed by atoms with Crippen LogP contribution < -0.4 is 10.6 Å². The van der Waals surface area contributed by atoms with Gasteiger partial charge in [0.15, 0.2) is 5.65 Å². The van der Waals surface area contributed by atoms with Gasteiger partial charge in [-0.15, -0.1) is 0 Å². The highest BCUT2D eigenvalue weighted by Gasteiger charge is 2.13. The summed E-state index contributed by atoms with van der Waals surface area (Å²) < 4.78 is 1.06. The lowest BCUT2D eigenvalue weighted by atomic mass is 9.99. The van der Waals surface area contributed by atoms with E-state index in [-0.39, 0.29) is 0 Å². The van der Waals surface area contributed by atoms with Gasteiger partial charge in [0.1, 0.15) is 12.1 Å². The van der Waals surface area contributed by atoms with E-state index in [0.29, 0.717) is 17.9 Å². The zero-order valence-corrected chi connectivity index (χ0v) is 17.3. The van der Waals surface area contributed by atoms with Crippen LogP contribution in [0.4, 0.5) is 11.5 Å². The van der Waals surface area contributed by atoms with Gasteiger partial charge in [-0.2, -0.15) is 0 Å². The maximum Gasteiger partial charge on any atom is 0.165 e. The Bertz CT molecular complexity index is 1140. The average Bonchev–Trinajstić information content (AvgIpc) is 2.69. The highest BCUT2D eigenvalue weighted by atomic mass is 79.9. The Balaban J connectivity index is 1.86. The van der Waals surface area contributed by atoms with Gasteiger partial charge in [-0.3, -0.25) is 0 Å². The van der Waals surface area contributed by atoms with E-state index in [9.17, 15) is 0 Å². The van der Waals surface area contributed by atoms with Crippen molar-refractivity contribution in [1.82, 2.24) is 15.0 Å². The van der Waals surface area contributed by atoms with Crippen molar-refractivity contribution in [2.75, 3.05) is 24.7 Å². The van der Waals surface area contributed by atoms with E-state index < -0.39 is 0 Å². The van der Waals surface area contributed by atoms with Crippen molar-refractivity contribution >= 4 is 38.5 Å². The molecule has 140 valence electrons. The Morgan fingerprint density at radius 3 is 2.43 bits per heavy atom. The minimum atomic E-state index is 0.453. The molecule has 0 fully saturated rings. The molecule has 2 aromatic carbocycles. The summed E-state index contributed by atoms with van der Waals surface area (Å²) in [7, 11) is 4.05. The summed E-state index contributed by atoms with van der Waals surface area (Å²) >= 11 is 3.64. The van der Waals surface area contributed by atoms with Gasteiger partial charge in [-0.25, -0.2) is 15.0 Å². The Hall–Kier alpha value is -2.99. The molecule has 4 aromatic rings. The Labute approximate surface area is 172 Å². The molecule has 0 aliphatic rings. The Morgan fingerprint density at radius 1 is 0.964 bits per heavy atom. The quantitative estimate of drug-likeness (QED) is 0.505. The highest BCUT2D eigenvalue weighted by Crippen LogP contribution is 2.30. The number of hydrogen-bond donors (Lipinski definition) is 1. The largest absolute Gasteiger partial charge is 0.383 e. The third kappa shape index (κ3) is 3.55. The number of nitrogens with two attached hydrogens (primary N) is 1. The van der Waals surface area contributed by atoms with Crippen molar-refractivity contribution in [1.29, 1.82) is 0 Å². The molecule has 0 unspecified atom stereocenters. The number of aromatic nitrogens is 3. The fourth-order valence-corrected chi connectivity index (χ4v) is 3.66. The smallest absolute Gasteiger partial charge is 0.165 e. The average molecular weight is 434 g/mol. The Morgan fingerprint density at radius 2 is 1.71 bits per heavy atom. The molecule has 2 N–H and O–H groups in total. The maximum absolute atomic E-state index is 6.18. The van der Waals surface area contributed by atoms with Gasteiger partial charge in [0, 0.05) is 29.8 Å². The SMILES string of the molecule is CN(C)c1ccc(-c2cc(Cc3ccccc3Br)c3c(N)ncnc3n2)cc1. The topological polar surface area (TPSA) is 67.9 Å². The summed E-state index contributed by atoms with van der Waals surface area (Å²) in [6, 6.07) is 18.6. The molecule has 2 aromatic heterocycles. The van der Waals surface area contributed by atoms with E-state index in [4.69, 9.17) is 10.7 Å². The van der Waals surface area contributed by atoms with Crippen LogP contribution in [0.15, 0.2) is 65.4 Å². The lowest BCUT2D eigenvalue weighted by Gasteiger charge is -2.14. The second kappa shape index (κ2) is 7.56. The molecular weight excluding hydrogens is 414 g/mol. The number of nitrogens with zero attached hydrogens (tertiary/aromatic N) is 4. The van der Waals surface area contributed by atoms with E-state index in [1.165, 1.54) is 11.9 Å². The van der Waals surface area contributed by atoms with Gasteiger partial charge in [-0.05, 0) is 41.8 Å². The minimum Gasteiger partial charge on any atom is -0.383 e. The molecule has 4 rings (SSSR count). The second-order valence-electron chi connectivity index (χ2n) is 6.83. The number of pyridine rings is 1. The fraction of sp³-hybridized carbons (Fsp3) is 0.136. The van der Waals surface area contributed by atoms with Gasteiger partial charge >= 0.3 is 0 Å². The van der Waals surface area contributed by atoms with Crippen LogP contribution in [-0.4, -0.2) is 29.0 Å². The van der Waals surface area contributed by atoms with E-state index in [0.717, 1.165) is 32.4 Å². The predicted molar refractivity (Wildman–Crippen MR) is 118 cm³/mol. The van der Waals surface area contributed by atoms with Crippen LogP contribution in [0.5, 0.6) is 0 Å². The van der Waals surface area contributed by atoms with E-state index >= 15 is 0 Å². The summed E-state index contributed by atoms with van der Waals surface area (Å²) in [5.41, 5.74) is 12.1. The standard InChI is InChI=1S/C22H20BrN5/c1-28(2)17-9-7-14(8-10-17)19-12-16(11-15-5-3-4-6-18(15)23)20-21(24)25-13-26-22(20)27-19/h3-10,12-13H,11H2,1-2H3,(H2,24,25,26,27). The third-order valence-electron chi connectivity index (χ3n) is 4.73. The van der Waals surface area contributed by atoms with Gasteiger partial charge in [0.05, 0.1) is 11.1 Å². The molecule has 0 bridgehead atoms. The number of benzene rings is 2. The van der Waals surface area contributed by atoms with Crippen LogP contribution in [0.1, 0.15) is 11.1 Å². The summed E-state index contributed by atoms with van der Waals surface area (Å²) in [5, 5.41) is 0.812. The first-order valence-electron chi connectivity index (χ1n) is 8.94. The lowest BCUT2D eigenvalue weighted by molar-refractivity contribution is 1.13. The minimum absolute atomic E-state index is 0.453. The normalized spacial score (nSPS) is 11.0. The number of hydrogen-bond acceptors (Lipinski definition) is 5. The zero-order valence-electron chi connectivity index (χ0n) is 15.7. The van der Waals surface area contributed by atoms with Crippen molar-refractivity contribution in [2.24, 2.45) is 0 Å². The van der Waals surface area contributed by atoms with Crippen LogP contribution in [-0.2, 0) is 6.42 Å². The second-order valence-corrected chi connectivity index (χ2v) is 7.69. The molecule has 0 saturated heterocycles. The molecule has 2 heterocycles. The molecule has 0 radical (unpaired) electrons. The number of rotatable bonds is 4. The molecule has 0 atom stereocenters. The van der Waals surface area contributed by atoms with Crippen LogP contribution in [0, 0.1) is 0 Å². The van der Waals surface area contributed by atoms with Crippen LogP contribution in [0.2, 0.25) is 0 Å². The highest BCUT2D eigenvalue weighted by molar-refractivity contribution is 9.10. The van der Waals surface area contributed by atoms with Crippen LogP contribution in [0.25, 0.3) is 22.3 Å². The molecule has 0 aliphatic carbocycles. The van der Waals surface area contributed by atoms with Crippen molar-refractivity contribution < 1.29 is 0 Å². The van der Waals surface area contributed by atoms with E-state index in [1.807, 2.05) is 32.3 Å².